The van der Waals surface area contributed by atoms with Gasteiger partial charge in [-0.25, -0.2) is 13.8 Å². The molecule has 4 aromatic rings. The van der Waals surface area contributed by atoms with Gasteiger partial charge in [0.2, 0.25) is 0 Å². The molecular weight excluding hydrogens is 415 g/mol. The van der Waals surface area contributed by atoms with Crippen molar-refractivity contribution in [2.75, 3.05) is 0 Å². The Balaban J connectivity index is 1.68. The summed E-state index contributed by atoms with van der Waals surface area (Å²) in [6, 6.07) is 11.6. The lowest BCUT2D eigenvalue weighted by Crippen LogP contribution is -2.17. The number of rotatable bonds is 5. The highest BCUT2D eigenvalue weighted by Gasteiger charge is 2.15. The zero-order valence-corrected chi connectivity index (χ0v) is 17.5. The summed E-state index contributed by atoms with van der Waals surface area (Å²) in [5.41, 5.74) is 3.80. The average molecular weight is 434 g/mol. The van der Waals surface area contributed by atoms with E-state index in [-0.39, 0.29) is 17.1 Å². The molecule has 0 saturated carbocycles. The number of benzene rings is 2. The van der Waals surface area contributed by atoms with Crippen LogP contribution in [0.1, 0.15) is 22.6 Å². The Labute approximate surface area is 181 Å². The summed E-state index contributed by atoms with van der Waals surface area (Å²) in [5, 5.41) is 18.3. The van der Waals surface area contributed by atoms with Gasteiger partial charge < -0.3 is 0 Å². The number of nitrogens with one attached hydrogen (secondary N) is 1. The fraction of sp³-hybridized carbons (Fsp3) is 0.136. The van der Waals surface area contributed by atoms with E-state index in [0.29, 0.717) is 34.0 Å². The summed E-state index contributed by atoms with van der Waals surface area (Å²) < 4.78 is 16.2. The van der Waals surface area contributed by atoms with Crippen molar-refractivity contribution in [3.05, 3.63) is 97.5 Å². The summed E-state index contributed by atoms with van der Waals surface area (Å²) in [6.45, 7) is 5.37. The van der Waals surface area contributed by atoms with Crippen LogP contribution in [0.25, 0.3) is 11.4 Å². The number of aliphatic imine (C=N–C) groups is 1. The molecular formula is C22H19FN6O3. The SMILES string of the molecule is Cc1nn(-c2ccc([N+](=O)[O-])cc2)c(C)c1N=Cc1c(C)[nH]n(-c2ccc(F)cc2)c1=O. The minimum atomic E-state index is -0.460. The van der Waals surface area contributed by atoms with E-state index in [1.165, 1.54) is 47.3 Å². The van der Waals surface area contributed by atoms with E-state index in [9.17, 15) is 19.3 Å². The molecule has 2 aromatic heterocycles. The molecule has 0 amide bonds. The fourth-order valence-corrected chi connectivity index (χ4v) is 3.40. The van der Waals surface area contributed by atoms with E-state index in [1.54, 1.807) is 30.7 Å². The molecule has 2 heterocycles. The van der Waals surface area contributed by atoms with Crippen molar-refractivity contribution in [1.29, 1.82) is 0 Å². The first-order chi connectivity index (χ1) is 15.3. The third kappa shape index (κ3) is 3.73. The van der Waals surface area contributed by atoms with Gasteiger partial charge in [-0.1, -0.05) is 0 Å². The molecule has 162 valence electrons. The lowest BCUT2D eigenvalue weighted by molar-refractivity contribution is -0.384. The van der Waals surface area contributed by atoms with Crippen molar-refractivity contribution in [2.24, 2.45) is 4.99 Å². The Hall–Kier alpha value is -4.34. The number of aromatic nitrogens is 4. The smallest absolute Gasteiger partial charge is 0.280 e. The molecule has 1 N–H and O–H groups in total. The van der Waals surface area contributed by atoms with Gasteiger partial charge >= 0.3 is 0 Å². The van der Waals surface area contributed by atoms with Gasteiger partial charge in [-0.15, -0.1) is 0 Å². The molecule has 0 atom stereocenters. The molecule has 0 saturated heterocycles. The normalized spacial score (nSPS) is 11.4. The van der Waals surface area contributed by atoms with Crippen LogP contribution in [-0.4, -0.2) is 30.7 Å². The first-order valence-corrected chi connectivity index (χ1v) is 9.69. The van der Waals surface area contributed by atoms with Crippen molar-refractivity contribution in [3.8, 4) is 11.4 Å². The third-order valence-electron chi connectivity index (χ3n) is 5.08. The van der Waals surface area contributed by atoms with Gasteiger partial charge in [0.25, 0.3) is 11.2 Å². The predicted octanol–water partition coefficient (Wildman–Crippen LogP) is 4.07. The van der Waals surface area contributed by atoms with E-state index < -0.39 is 4.92 Å². The molecule has 9 nitrogen and oxygen atoms in total. The Kier molecular flexibility index (Phi) is 5.27. The van der Waals surface area contributed by atoms with Crippen LogP contribution in [0.3, 0.4) is 0 Å². The van der Waals surface area contributed by atoms with Gasteiger partial charge in [-0.2, -0.15) is 5.10 Å². The second-order valence-corrected chi connectivity index (χ2v) is 7.23. The monoisotopic (exact) mass is 434 g/mol. The van der Waals surface area contributed by atoms with Gasteiger partial charge in [-0.3, -0.25) is 25.0 Å². The molecule has 0 unspecified atom stereocenters. The molecule has 32 heavy (non-hydrogen) atoms. The number of nitro groups is 1. The second-order valence-electron chi connectivity index (χ2n) is 7.23. The number of hydrogen-bond donors (Lipinski definition) is 1. The average Bonchev–Trinajstić information content (AvgIpc) is 3.22. The number of H-pyrrole nitrogens is 1. The van der Waals surface area contributed by atoms with Crippen LogP contribution in [0, 0.1) is 36.7 Å². The number of nitrogens with zero attached hydrogens (tertiary/aromatic N) is 5. The zero-order chi connectivity index (χ0) is 23.0. The van der Waals surface area contributed by atoms with Crippen LogP contribution in [-0.2, 0) is 0 Å². The molecule has 0 aliphatic carbocycles. The molecule has 0 bridgehead atoms. The molecule has 0 aliphatic heterocycles. The fourth-order valence-electron chi connectivity index (χ4n) is 3.40. The minimum Gasteiger partial charge on any atom is -0.295 e. The summed E-state index contributed by atoms with van der Waals surface area (Å²) in [6.07, 6.45) is 1.48. The molecule has 0 radical (unpaired) electrons. The third-order valence-corrected chi connectivity index (χ3v) is 5.08. The van der Waals surface area contributed by atoms with E-state index in [2.05, 4.69) is 15.2 Å². The number of hydrogen-bond acceptors (Lipinski definition) is 5. The summed E-state index contributed by atoms with van der Waals surface area (Å²) in [4.78, 5) is 27.8. The maximum Gasteiger partial charge on any atom is 0.280 e. The maximum atomic E-state index is 13.2. The standard InChI is InChI=1S/C22H19FN6O3/c1-13-20(22(30)28(25-13)18-6-4-16(23)5-7-18)12-24-21-14(2)26-27(15(21)3)17-8-10-19(11-9-17)29(31)32/h4-12,25H,1-3H3. The number of aromatic amines is 1. The van der Waals surface area contributed by atoms with E-state index in [0.717, 1.165) is 5.69 Å². The molecule has 4 rings (SSSR count). The first kappa shape index (κ1) is 20.9. The lowest BCUT2D eigenvalue weighted by atomic mass is 10.2. The van der Waals surface area contributed by atoms with Crippen molar-refractivity contribution >= 4 is 17.6 Å². The van der Waals surface area contributed by atoms with E-state index in [1.807, 2.05) is 6.92 Å². The largest absolute Gasteiger partial charge is 0.295 e. The van der Waals surface area contributed by atoms with Gasteiger partial charge in [0.05, 0.1) is 33.2 Å². The van der Waals surface area contributed by atoms with Crippen LogP contribution in [0.15, 0.2) is 58.3 Å². The van der Waals surface area contributed by atoms with Crippen molar-refractivity contribution in [1.82, 2.24) is 19.6 Å². The maximum absolute atomic E-state index is 13.2. The molecule has 0 fully saturated rings. The van der Waals surface area contributed by atoms with Gasteiger partial charge in [0.15, 0.2) is 0 Å². The minimum absolute atomic E-state index is 0.00566. The predicted molar refractivity (Wildman–Crippen MR) is 118 cm³/mol. The molecule has 2 aromatic carbocycles. The number of nitro benzene ring substituents is 1. The van der Waals surface area contributed by atoms with E-state index in [4.69, 9.17) is 0 Å². The van der Waals surface area contributed by atoms with Crippen molar-refractivity contribution < 1.29 is 9.31 Å². The topological polar surface area (TPSA) is 111 Å². The Morgan fingerprint density at radius 2 is 1.69 bits per heavy atom. The van der Waals surface area contributed by atoms with Crippen LogP contribution in [0.4, 0.5) is 15.8 Å². The highest BCUT2D eigenvalue weighted by atomic mass is 19.1. The molecule has 0 spiro atoms. The highest BCUT2D eigenvalue weighted by Crippen LogP contribution is 2.26. The Morgan fingerprint density at radius 1 is 1.06 bits per heavy atom. The number of halogens is 1. The van der Waals surface area contributed by atoms with Gasteiger partial charge in [0, 0.05) is 24.0 Å². The molecule has 10 heteroatoms. The lowest BCUT2D eigenvalue weighted by Gasteiger charge is -2.03. The van der Waals surface area contributed by atoms with Gasteiger partial charge in [0.1, 0.15) is 11.5 Å². The summed E-state index contributed by atoms with van der Waals surface area (Å²) in [7, 11) is 0. The number of non-ortho nitro benzene ring substituents is 1. The van der Waals surface area contributed by atoms with Gasteiger partial charge in [-0.05, 0) is 57.2 Å². The van der Waals surface area contributed by atoms with Crippen LogP contribution in [0.5, 0.6) is 0 Å². The summed E-state index contributed by atoms with van der Waals surface area (Å²) in [5.74, 6) is -0.386. The van der Waals surface area contributed by atoms with E-state index >= 15 is 0 Å². The summed E-state index contributed by atoms with van der Waals surface area (Å²) >= 11 is 0. The first-order valence-electron chi connectivity index (χ1n) is 9.69. The van der Waals surface area contributed by atoms with Crippen LogP contribution >= 0.6 is 0 Å². The quantitative estimate of drug-likeness (QED) is 0.290. The van der Waals surface area contributed by atoms with Crippen LogP contribution in [0.2, 0.25) is 0 Å². The Morgan fingerprint density at radius 3 is 2.31 bits per heavy atom. The number of aryl methyl sites for hydroxylation is 2. The zero-order valence-electron chi connectivity index (χ0n) is 17.5. The van der Waals surface area contributed by atoms with Crippen molar-refractivity contribution in [3.63, 3.8) is 0 Å². The second kappa shape index (κ2) is 8.06. The van der Waals surface area contributed by atoms with Crippen molar-refractivity contribution in [2.45, 2.75) is 20.8 Å². The van der Waals surface area contributed by atoms with Crippen LogP contribution < -0.4 is 5.56 Å². The Bertz CT molecular complexity index is 1400. The highest BCUT2D eigenvalue weighted by molar-refractivity contribution is 5.83. The molecule has 0 aliphatic rings.